The van der Waals surface area contributed by atoms with Gasteiger partial charge in [-0.25, -0.2) is 0 Å². The maximum Gasteiger partial charge on any atom is 0.248 e. The summed E-state index contributed by atoms with van der Waals surface area (Å²) in [5.74, 6) is 0. The first-order valence-corrected chi connectivity index (χ1v) is 14.2. The van der Waals surface area contributed by atoms with Crippen molar-refractivity contribution in [1.82, 2.24) is 0 Å². The van der Waals surface area contributed by atoms with Crippen LogP contribution in [0.15, 0.2) is 78.9 Å². The average Bonchev–Trinajstić information content (AvgIpc) is 2.83. The summed E-state index contributed by atoms with van der Waals surface area (Å²) in [5.41, 5.74) is 6.27. The molecule has 0 atom stereocenters. The Morgan fingerprint density at radius 1 is 0.595 bits per heavy atom. The molecule has 4 aromatic carbocycles. The van der Waals surface area contributed by atoms with E-state index < -0.39 is 18.2 Å². The van der Waals surface area contributed by atoms with Gasteiger partial charge in [0.1, 0.15) is 0 Å². The van der Waals surface area contributed by atoms with E-state index in [4.69, 9.17) is 0 Å². The highest BCUT2D eigenvalue weighted by molar-refractivity contribution is 8.01. The molecule has 4 heteroatoms. The maximum atomic E-state index is 15.3. The molecule has 0 saturated heterocycles. The summed E-state index contributed by atoms with van der Waals surface area (Å²) in [5, 5.41) is 0.326. The Morgan fingerprint density at radius 3 is 1.46 bits per heavy atom. The van der Waals surface area contributed by atoms with E-state index in [1.165, 1.54) is 0 Å². The van der Waals surface area contributed by atoms with Crippen LogP contribution in [0.25, 0.3) is 0 Å². The SMILES string of the molecule is Cc1cc(C)c(C(=O)P(=O)(C(=O)c2c(C)cc(C)cc2C)c2ccccc2Cc2ccccc2)c(C)c1. The third-order valence-corrected chi connectivity index (χ3v) is 9.63. The van der Waals surface area contributed by atoms with Crippen LogP contribution in [0.2, 0.25) is 0 Å². The Kier molecular flexibility index (Phi) is 7.48. The van der Waals surface area contributed by atoms with Gasteiger partial charge in [0.05, 0.1) is 0 Å². The van der Waals surface area contributed by atoms with E-state index in [-0.39, 0.29) is 0 Å². The van der Waals surface area contributed by atoms with Gasteiger partial charge in [-0.2, -0.15) is 0 Å². The molecule has 3 nitrogen and oxygen atoms in total. The van der Waals surface area contributed by atoms with Gasteiger partial charge in [-0.15, -0.1) is 0 Å². The van der Waals surface area contributed by atoms with Gasteiger partial charge in [0.25, 0.3) is 0 Å². The Morgan fingerprint density at radius 2 is 1.00 bits per heavy atom. The Bertz CT molecular complexity index is 1440. The zero-order chi connectivity index (χ0) is 26.9. The highest BCUT2D eigenvalue weighted by atomic mass is 31.2. The predicted octanol–water partition coefficient (Wildman–Crippen LogP) is 7.80. The third kappa shape index (κ3) is 5.02. The van der Waals surface area contributed by atoms with Gasteiger partial charge in [0, 0.05) is 16.4 Å². The molecule has 0 aliphatic rings. The summed E-state index contributed by atoms with van der Waals surface area (Å²) in [7, 11) is -4.29. The van der Waals surface area contributed by atoms with E-state index >= 15 is 4.57 Å². The fraction of sp³-hybridized carbons (Fsp3) is 0.212. The molecule has 4 aromatic rings. The number of hydrogen-bond acceptors (Lipinski definition) is 3. The van der Waals surface area contributed by atoms with Crippen molar-refractivity contribution in [2.75, 3.05) is 0 Å². The summed E-state index contributed by atoms with van der Waals surface area (Å²) in [6, 6.07) is 24.7. The van der Waals surface area contributed by atoms with Gasteiger partial charge in [-0.3, -0.25) is 9.59 Å². The molecule has 37 heavy (non-hydrogen) atoms. The molecule has 0 N–H and O–H groups in total. The highest BCUT2D eigenvalue weighted by Gasteiger charge is 2.45. The Labute approximate surface area is 219 Å². The van der Waals surface area contributed by atoms with Crippen LogP contribution >= 0.6 is 7.14 Å². The van der Waals surface area contributed by atoms with E-state index in [2.05, 4.69) is 0 Å². The molecule has 0 unspecified atom stereocenters. The first kappa shape index (κ1) is 26.5. The number of aryl methyl sites for hydroxylation is 6. The second kappa shape index (κ2) is 10.4. The Balaban J connectivity index is 2.01. The maximum absolute atomic E-state index is 15.3. The van der Waals surface area contributed by atoms with Gasteiger partial charge < -0.3 is 4.57 Å². The first-order chi connectivity index (χ1) is 17.5. The molecule has 0 aromatic heterocycles. The molecule has 4 rings (SSSR count). The molecule has 0 heterocycles. The molecule has 0 fully saturated rings. The fourth-order valence-corrected chi connectivity index (χ4v) is 8.26. The van der Waals surface area contributed by atoms with Crippen molar-refractivity contribution in [2.45, 2.75) is 48.0 Å². The summed E-state index contributed by atoms with van der Waals surface area (Å²) in [6.07, 6.45) is 0.472. The van der Waals surface area contributed by atoms with Crippen LogP contribution < -0.4 is 5.30 Å². The molecule has 0 aliphatic carbocycles. The molecular formula is C33H33O3P. The first-order valence-electron chi connectivity index (χ1n) is 12.5. The van der Waals surface area contributed by atoms with E-state index in [9.17, 15) is 9.59 Å². The summed E-state index contributed by atoms with van der Waals surface area (Å²) in [6.45, 7) is 11.3. The van der Waals surface area contributed by atoms with Crippen LogP contribution in [0.3, 0.4) is 0 Å². The lowest BCUT2D eigenvalue weighted by atomic mass is 10.0. The number of hydrogen-bond donors (Lipinski definition) is 0. The normalized spacial score (nSPS) is 11.4. The molecule has 0 aliphatic heterocycles. The minimum absolute atomic E-state index is 0.326. The molecule has 0 bridgehead atoms. The summed E-state index contributed by atoms with van der Waals surface area (Å²) >= 11 is 0. The molecule has 0 saturated carbocycles. The van der Waals surface area contributed by atoms with E-state index in [0.29, 0.717) is 22.9 Å². The second-order valence-corrected chi connectivity index (χ2v) is 12.6. The quantitative estimate of drug-likeness (QED) is 0.239. The van der Waals surface area contributed by atoms with Crippen LogP contribution in [-0.4, -0.2) is 11.0 Å². The van der Waals surface area contributed by atoms with Crippen molar-refractivity contribution >= 4 is 23.5 Å². The van der Waals surface area contributed by atoms with Crippen LogP contribution in [0.5, 0.6) is 0 Å². The smallest absolute Gasteiger partial charge is 0.248 e. The zero-order valence-corrected chi connectivity index (χ0v) is 23.3. The van der Waals surface area contributed by atoms with Gasteiger partial charge >= 0.3 is 0 Å². The van der Waals surface area contributed by atoms with Crippen LogP contribution in [0, 0.1) is 41.5 Å². The molecule has 0 spiro atoms. The zero-order valence-electron chi connectivity index (χ0n) is 22.4. The van der Waals surface area contributed by atoms with Crippen LogP contribution in [0.4, 0.5) is 0 Å². The number of benzene rings is 4. The second-order valence-electron chi connectivity index (χ2n) is 10.1. The standard InChI is InChI=1S/C33H33O3P/c1-21-16-23(3)30(24(4)17-21)32(34)37(36,33(35)31-25(5)18-22(2)19-26(31)6)29-15-11-10-14-28(29)20-27-12-8-7-9-13-27/h7-19H,20H2,1-6H3. The van der Waals surface area contributed by atoms with E-state index in [1.807, 2.05) is 108 Å². The lowest BCUT2D eigenvalue weighted by Gasteiger charge is -2.23. The number of rotatable bonds is 7. The van der Waals surface area contributed by atoms with Crippen LogP contribution in [-0.2, 0) is 11.0 Å². The van der Waals surface area contributed by atoms with E-state index in [0.717, 1.165) is 44.5 Å². The van der Waals surface area contributed by atoms with E-state index in [1.54, 1.807) is 12.1 Å². The van der Waals surface area contributed by atoms with Gasteiger partial charge in [0.15, 0.2) is 0 Å². The van der Waals surface area contributed by atoms with Crippen molar-refractivity contribution in [1.29, 1.82) is 0 Å². The minimum atomic E-state index is -4.29. The molecular weight excluding hydrogens is 475 g/mol. The highest BCUT2D eigenvalue weighted by Crippen LogP contribution is 2.53. The van der Waals surface area contributed by atoms with Gasteiger partial charge in [-0.1, -0.05) is 90.0 Å². The summed E-state index contributed by atoms with van der Waals surface area (Å²) in [4.78, 5) is 28.9. The Hall–Kier alpha value is -3.55. The lowest BCUT2D eigenvalue weighted by molar-refractivity contribution is 0.104. The monoisotopic (exact) mass is 508 g/mol. The molecule has 0 amide bonds. The topological polar surface area (TPSA) is 51.2 Å². The van der Waals surface area contributed by atoms with Crippen molar-refractivity contribution < 1.29 is 14.2 Å². The minimum Gasteiger partial charge on any atom is -0.302 e. The largest absolute Gasteiger partial charge is 0.302 e. The van der Waals surface area contributed by atoms with Crippen molar-refractivity contribution in [2.24, 2.45) is 0 Å². The van der Waals surface area contributed by atoms with Crippen molar-refractivity contribution in [3.05, 3.63) is 134 Å². The van der Waals surface area contributed by atoms with Crippen LogP contribution in [0.1, 0.15) is 65.2 Å². The number of carbonyl (C=O) groups excluding carboxylic acids is 2. The van der Waals surface area contributed by atoms with Crippen molar-refractivity contribution in [3.8, 4) is 0 Å². The average molecular weight is 509 g/mol. The lowest BCUT2D eigenvalue weighted by Crippen LogP contribution is -2.25. The number of carbonyl (C=O) groups is 2. The molecule has 188 valence electrons. The summed E-state index contributed by atoms with van der Waals surface area (Å²) < 4.78 is 15.3. The third-order valence-electron chi connectivity index (χ3n) is 6.92. The fourth-order valence-electron chi connectivity index (χ4n) is 5.44. The predicted molar refractivity (Wildman–Crippen MR) is 153 cm³/mol. The molecule has 0 radical (unpaired) electrons. The van der Waals surface area contributed by atoms with Crippen molar-refractivity contribution in [3.63, 3.8) is 0 Å². The van der Waals surface area contributed by atoms with Gasteiger partial charge in [0.2, 0.25) is 18.2 Å². The van der Waals surface area contributed by atoms with Gasteiger partial charge in [-0.05, 0) is 81.3 Å².